The van der Waals surface area contributed by atoms with E-state index in [-0.39, 0.29) is 0 Å². The molecule has 0 spiro atoms. The number of benzene rings is 1. The van der Waals surface area contributed by atoms with Gasteiger partial charge in [-0.15, -0.1) is 0 Å². The fraction of sp³-hybridized carbons (Fsp3) is 0.333. The van der Waals surface area contributed by atoms with Gasteiger partial charge in [-0.3, -0.25) is 0 Å². The quantitative estimate of drug-likeness (QED) is 0.828. The third kappa shape index (κ3) is 3.13. The summed E-state index contributed by atoms with van der Waals surface area (Å²) in [5, 5.41) is 0. The molecule has 1 aromatic carbocycles. The minimum absolute atomic E-state index is 0.305. The zero-order chi connectivity index (χ0) is 11.5. The largest absolute Gasteiger partial charge is 0.329 e. The number of sulfonamides is 1. The lowest BCUT2D eigenvalue weighted by atomic mass is 10.4. The Labute approximate surface area is 104 Å². The Balaban J connectivity index is 3.01. The second-order valence-corrected chi connectivity index (χ2v) is 6.36. The van der Waals surface area contributed by atoms with E-state index in [9.17, 15) is 8.42 Å². The molecule has 15 heavy (non-hydrogen) atoms. The van der Waals surface area contributed by atoms with Gasteiger partial charge in [-0.05, 0) is 46.9 Å². The molecule has 84 valence electrons. The highest BCUT2D eigenvalue weighted by atomic mass is 127. The third-order valence-corrected chi connectivity index (χ3v) is 4.56. The standard InChI is InChI=1S/C9H13IN2O2S/c1-12(7-6-11)15(13,14)9-4-2-8(10)3-5-9/h2-5H,6-7,11H2,1H3. The van der Waals surface area contributed by atoms with Gasteiger partial charge in [-0.1, -0.05) is 0 Å². The first-order valence-electron chi connectivity index (χ1n) is 4.40. The molecule has 0 aliphatic carbocycles. The minimum Gasteiger partial charge on any atom is -0.329 e. The maximum absolute atomic E-state index is 11.9. The Morgan fingerprint density at radius 3 is 2.33 bits per heavy atom. The number of hydrogen-bond donors (Lipinski definition) is 1. The summed E-state index contributed by atoms with van der Waals surface area (Å²) in [6.07, 6.45) is 0. The molecule has 1 aromatic rings. The SMILES string of the molecule is CN(CCN)S(=O)(=O)c1ccc(I)cc1. The number of hydrogen-bond acceptors (Lipinski definition) is 3. The molecule has 0 aliphatic rings. The topological polar surface area (TPSA) is 63.4 Å². The Kier molecular flexibility index (Phi) is 4.50. The second-order valence-electron chi connectivity index (χ2n) is 3.07. The van der Waals surface area contributed by atoms with Gasteiger partial charge in [-0.2, -0.15) is 4.31 Å². The Morgan fingerprint density at radius 2 is 1.87 bits per heavy atom. The van der Waals surface area contributed by atoms with E-state index in [4.69, 9.17) is 5.73 Å². The van der Waals surface area contributed by atoms with E-state index in [1.54, 1.807) is 24.3 Å². The monoisotopic (exact) mass is 340 g/mol. The van der Waals surface area contributed by atoms with Crippen LogP contribution in [-0.2, 0) is 10.0 Å². The van der Waals surface area contributed by atoms with Gasteiger partial charge >= 0.3 is 0 Å². The first-order valence-corrected chi connectivity index (χ1v) is 6.92. The average Bonchev–Trinajstić information content (AvgIpc) is 2.18. The van der Waals surface area contributed by atoms with Crippen LogP contribution in [0.5, 0.6) is 0 Å². The van der Waals surface area contributed by atoms with Crippen LogP contribution in [0.4, 0.5) is 0 Å². The molecule has 0 saturated heterocycles. The van der Waals surface area contributed by atoms with Crippen LogP contribution < -0.4 is 5.73 Å². The molecule has 4 nitrogen and oxygen atoms in total. The molecule has 0 atom stereocenters. The number of likely N-dealkylation sites (N-methyl/N-ethyl adjacent to an activating group) is 1. The molecular weight excluding hydrogens is 327 g/mol. The zero-order valence-electron chi connectivity index (χ0n) is 8.35. The van der Waals surface area contributed by atoms with Crippen LogP contribution in [0.3, 0.4) is 0 Å². The van der Waals surface area contributed by atoms with Gasteiger partial charge < -0.3 is 5.73 Å². The molecule has 0 fully saturated rings. The van der Waals surface area contributed by atoms with Crippen LogP contribution in [0.1, 0.15) is 0 Å². The molecule has 0 saturated carbocycles. The molecule has 1 rings (SSSR count). The van der Waals surface area contributed by atoms with Crippen molar-refractivity contribution < 1.29 is 8.42 Å². The van der Waals surface area contributed by atoms with Gasteiger partial charge in [0.15, 0.2) is 0 Å². The predicted octanol–water partition coefficient (Wildman–Crippen LogP) is 0.870. The van der Waals surface area contributed by atoms with Crippen LogP contribution in [0.25, 0.3) is 0 Å². The fourth-order valence-electron chi connectivity index (χ4n) is 1.09. The summed E-state index contributed by atoms with van der Waals surface area (Å²) in [5.41, 5.74) is 5.32. The van der Waals surface area contributed by atoms with E-state index in [1.807, 2.05) is 0 Å². The summed E-state index contributed by atoms with van der Waals surface area (Å²) in [4.78, 5) is 0.305. The van der Waals surface area contributed by atoms with E-state index in [1.165, 1.54) is 11.4 Å². The second kappa shape index (κ2) is 5.24. The molecular formula is C9H13IN2O2S. The molecule has 0 heterocycles. The highest BCUT2D eigenvalue weighted by Crippen LogP contribution is 2.15. The normalized spacial score (nSPS) is 12.0. The van der Waals surface area contributed by atoms with Crippen LogP contribution >= 0.6 is 22.6 Å². The summed E-state index contributed by atoms with van der Waals surface area (Å²) in [5.74, 6) is 0. The maximum atomic E-state index is 11.9. The van der Waals surface area contributed by atoms with Crippen molar-refractivity contribution in [1.29, 1.82) is 0 Å². The molecule has 2 N–H and O–H groups in total. The predicted molar refractivity (Wildman–Crippen MR) is 68.0 cm³/mol. The Hall–Kier alpha value is -0.180. The molecule has 0 amide bonds. The average molecular weight is 340 g/mol. The molecule has 0 bridgehead atoms. The van der Waals surface area contributed by atoms with Crippen molar-refractivity contribution in [1.82, 2.24) is 4.31 Å². The highest BCUT2D eigenvalue weighted by molar-refractivity contribution is 14.1. The van der Waals surface area contributed by atoms with Gasteiger partial charge in [0.2, 0.25) is 10.0 Å². The summed E-state index contributed by atoms with van der Waals surface area (Å²) >= 11 is 2.13. The van der Waals surface area contributed by atoms with Crippen LogP contribution in [0, 0.1) is 3.57 Å². The summed E-state index contributed by atoms with van der Waals surface area (Å²) in [7, 11) is -1.84. The Bertz CT molecular complexity index is 416. The molecule has 0 radical (unpaired) electrons. The highest BCUT2D eigenvalue weighted by Gasteiger charge is 2.19. The summed E-state index contributed by atoms with van der Waals surface area (Å²) in [6.45, 7) is 0.647. The van der Waals surface area contributed by atoms with Crippen LogP contribution in [0.15, 0.2) is 29.2 Å². The lowest BCUT2D eigenvalue weighted by molar-refractivity contribution is 0.476. The Morgan fingerprint density at radius 1 is 1.33 bits per heavy atom. The van der Waals surface area contributed by atoms with Crippen molar-refractivity contribution in [3.63, 3.8) is 0 Å². The number of rotatable bonds is 4. The first-order chi connectivity index (χ1) is 6.98. The van der Waals surface area contributed by atoms with Crippen molar-refractivity contribution in [3.8, 4) is 0 Å². The van der Waals surface area contributed by atoms with Crippen molar-refractivity contribution in [2.24, 2.45) is 5.73 Å². The summed E-state index contributed by atoms with van der Waals surface area (Å²) < 4.78 is 26.1. The van der Waals surface area contributed by atoms with Gasteiger partial charge in [0.05, 0.1) is 4.90 Å². The minimum atomic E-state index is -3.37. The van der Waals surface area contributed by atoms with Gasteiger partial charge in [-0.25, -0.2) is 8.42 Å². The fourth-order valence-corrected chi connectivity index (χ4v) is 2.63. The lowest BCUT2D eigenvalue weighted by Gasteiger charge is -2.15. The van der Waals surface area contributed by atoms with E-state index < -0.39 is 10.0 Å². The van der Waals surface area contributed by atoms with Crippen LogP contribution in [-0.4, -0.2) is 32.9 Å². The van der Waals surface area contributed by atoms with E-state index in [2.05, 4.69) is 22.6 Å². The number of halogens is 1. The maximum Gasteiger partial charge on any atom is 0.242 e. The molecule has 0 aromatic heterocycles. The summed E-state index contributed by atoms with van der Waals surface area (Å²) in [6, 6.07) is 6.74. The first kappa shape index (κ1) is 12.9. The van der Waals surface area contributed by atoms with E-state index in [0.29, 0.717) is 18.0 Å². The van der Waals surface area contributed by atoms with Gasteiger partial charge in [0.25, 0.3) is 0 Å². The van der Waals surface area contributed by atoms with Crippen molar-refractivity contribution >= 4 is 32.6 Å². The lowest BCUT2D eigenvalue weighted by Crippen LogP contribution is -2.31. The molecule has 6 heteroatoms. The number of nitrogens with two attached hydrogens (primary N) is 1. The molecule has 0 aliphatic heterocycles. The third-order valence-electron chi connectivity index (χ3n) is 1.97. The molecule has 0 unspecified atom stereocenters. The van der Waals surface area contributed by atoms with Gasteiger partial charge in [0.1, 0.15) is 0 Å². The number of nitrogens with zero attached hydrogens (tertiary/aromatic N) is 1. The van der Waals surface area contributed by atoms with Crippen LogP contribution in [0.2, 0.25) is 0 Å². The van der Waals surface area contributed by atoms with Crippen molar-refractivity contribution in [2.75, 3.05) is 20.1 Å². The van der Waals surface area contributed by atoms with Gasteiger partial charge in [0, 0.05) is 23.7 Å². The van der Waals surface area contributed by atoms with E-state index >= 15 is 0 Å². The van der Waals surface area contributed by atoms with E-state index in [0.717, 1.165) is 3.57 Å². The van der Waals surface area contributed by atoms with Crippen molar-refractivity contribution in [2.45, 2.75) is 4.90 Å². The smallest absolute Gasteiger partial charge is 0.242 e. The zero-order valence-corrected chi connectivity index (χ0v) is 11.3. The van der Waals surface area contributed by atoms with Crippen molar-refractivity contribution in [3.05, 3.63) is 27.8 Å².